The van der Waals surface area contributed by atoms with E-state index in [0.717, 1.165) is 38.5 Å². The van der Waals surface area contributed by atoms with Crippen LogP contribution in [0, 0.1) is 0 Å². The zero-order valence-electron chi connectivity index (χ0n) is 10.8. The first-order valence-electron chi connectivity index (χ1n) is 6.53. The number of nitrogens with one attached hydrogen (secondary N) is 1. The largest absolute Gasteiger partial charge is 0.391 e. The number of rotatable bonds is 3. The molecule has 0 bridgehead atoms. The number of amides is 1. The van der Waals surface area contributed by atoms with Gasteiger partial charge in [-0.3, -0.25) is 4.79 Å². The molecule has 0 radical (unpaired) electrons. The third-order valence-corrected chi connectivity index (χ3v) is 4.02. The molecule has 1 aromatic rings. The van der Waals surface area contributed by atoms with Crippen LogP contribution in [0.5, 0.6) is 0 Å². The summed E-state index contributed by atoms with van der Waals surface area (Å²) in [6.07, 6.45) is 8.96. The molecule has 3 N–H and O–H groups in total. The maximum absolute atomic E-state index is 12.2. The first-order chi connectivity index (χ1) is 9.14. The van der Waals surface area contributed by atoms with Gasteiger partial charge in [-0.05, 0) is 18.9 Å². The van der Waals surface area contributed by atoms with Crippen molar-refractivity contribution in [3.05, 3.63) is 24.0 Å². The van der Waals surface area contributed by atoms with E-state index in [2.05, 4.69) is 15.5 Å². The molecule has 0 saturated heterocycles. The number of carbonyl (C=O) groups excluding carboxylic acids is 1. The molecule has 19 heavy (non-hydrogen) atoms. The number of aromatic nitrogens is 2. The van der Waals surface area contributed by atoms with Crippen molar-refractivity contribution >= 4 is 23.1 Å². The lowest BCUT2D eigenvalue weighted by Crippen LogP contribution is -2.56. The number of hydrogen-bond donors (Lipinski definition) is 2. The molecule has 2 rings (SSSR count). The van der Waals surface area contributed by atoms with Gasteiger partial charge >= 0.3 is 0 Å². The summed E-state index contributed by atoms with van der Waals surface area (Å²) in [6.45, 7) is 0. The number of hydrogen-bond acceptors (Lipinski definition) is 4. The summed E-state index contributed by atoms with van der Waals surface area (Å²) in [5.74, 6) is -0.190. The van der Waals surface area contributed by atoms with E-state index in [1.165, 1.54) is 12.4 Å². The molecular formula is C13H18N4OS. The van der Waals surface area contributed by atoms with Crippen LogP contribution in [0.4, 0.5) is 0 Å². The van der Waals surface area contributed by atoms with Crippen molar-refractivity contribution in [1.82, 2.24) is 15.5 Å². The first kappa shape index (κ1) is 13.9. The van der Waals surface area contributed by atoms with Gasteiger partial charge in [0.2, 0.25) is 0 Å². The van der Waals surface area contributed by atoms with E-state index in [4.69, 9.17) is 18.0 Å². The maximum atomic E-state index is 12.2. The molecule has 1 aliphatic rings. The standard InChI is InChI=1S/C13H18N4OS/c14-12(19)13(6-3-1-2-4-7-13)17-11(18)10-5-8-15-16-9-10/h5,8-9H,1-4,6-7H2,(H2,14,19)(H,17,18). The summed E-state index contributed by atoms with van der Waals surface area (Å²) in [7, 11) is 0. The van der Waals surface area contributed by atoms with E-state index in [1.807, 2.05) is 0 Å². The van der Waals surface area contributed by atoms with Gasteiger partial charge in [0.05, 0.1) is 28.5 Å². The number of thiocarbonyl (C=S) groups is 1. The molecule has 6 heteroatoms. The van der Waals surface area contributed by atoms with E-state index < -0.39 is 5.54 Å². The Hall–Kier alpha value is -1.56. The molecule has 1 amide bonds. The zero-order chi connectivity index (χ0) is 13.7. The molecule has 102 valence electrons. The van der Waals surface area contributed by atoms with Gasteiger partial charge < -0.3 is 11.1 Å². The summed E-state index contributed by atoms with van der Waals surface area (Å²) < 4.78 is 0. The van der Waals surface area contributed by atoms with Crippen molar-refractivity contribution in [2.24, 2.45) is 5.73 Å². The molecule has 0 aliphatic heterocycles. The molecule has 1 aromatic heterocycles. The van der Waals surface area contributed by atoms with Crippen LogP contribution in [0.1, 0.15) is 48.9 Å². The summed E-state index contributed by atoms with van der Waals surface area (Å²) in [6, 6.07) is 1.63. The van der Waals surface area contributed by atoms with Gasteiger partial charge in [0, 0.05) is 0 Å². The van der Waals surface area contributed by atoms with E-state index >= 15 is 0 Å². The van der Waals surface area contributed by atoms with Crippen LogP contribution in [0.2, 0.25) is 0 Å². The van der Waals surface area contributed by atoms with E-state index in [0.29, 0.717) is 10.6 Å². The average molecular weight is 278 g/mol. The highest BCUT2D eigenvalue weighted by Gasteiger charge is 2.35. The number of nitrogens with zero attached hydrogens (tertiary/aromatic N) is 2. The topological polar surface area (TPSA) is 80.9 Å². The Morgan fingerprint density at radius 2 is 1.95 bits per heavy atom. The Bertz CT molecular complexity index is 455. The predicted octanol–water partition coefficient (Wildman–Crippen LogP) is 1.59. The van der Waals surface area contributed by atoms with E-state index in [9.17, 15) is 4.79 Å². The number of nitrogens with two attached hydrogens (primary N) is 1. The number of carbonyl (C=O) groups is 1. The molecule has 0 atom stereocenters. The fourth-order valence-electron chi connectivity index (χ4n) is 2.48. The molecule has 0 unspecified atom stereocenters. The molecule has 1 saturated carbocycles. The molecule has 1 aliphatic carbocycles. The Labute approximate surface area is 118 Å². The Balaban J connectivity index is 2.17. The molecule has 0 aromatic carbocycles. The third kappa shape index (κ3) is 3.26. The summed E-state index contributed by atoms with van der Waals surface area (Å²) in [4.78, 5) is 12.6. The zero-order valence-corrected chi connectivity index (χ0v) is 11.6. The maximum Gasteiger partial charge on any atom is 0.253 e. The highest BCUT2D eigenvalue weighted by atomic mass is 32.1. The van der Waals surface area contributed by atoms with Crippen molar-refractivity contribution in [3.8, 4) is 0 Å². The second-order valence-electron chi connectivity index (χ2n) is 4.95. The molecule has 0 spiro atoms. The lowest BCUT2D eigenvalue weighted by atomic mass is 9.89. The van der Waals surface area contributed by atoms with Gasteiger partial charge in [-0.15, -0.1) is 0 Å². The molecule has 5 nitrogen and oxygen atoms in total. The fourth-order valence-corrected chi connectivity index (χ4v) is 2.73. The second kappa shape index (κ2) is 6.06. The summed E-state index contributed by atoms with van der Waals surface area (Å²) in [5, 5.41) is 10.4. The van der Waals surface area contributed by atoms with E-state index in [1.54, 1.807) is 6.07 Å². The van der Waals surface area contributed by atoms with Crippen LogP contribution < -0.4 is 11.1 Å². The highest BCUT2D eigenvalue weighted by molar-refractivity contribution is 7.80. The van der Waals surface area contributed by atoms with Crippen LogP contribution in [-0.4, -0.2) is 26.6 Å². The van der Waals surface area contributed by atoms with Gasteiger partial charge in [-0.25, -0.2) is 0 Å². The molecule has 1 fully saturated rings. The minimum absolute atomic E-state index is 0.190. The normalized spacial score (nSPS) is 18.3. The lowest BCUT2D eigenvalue weighted by molar-refractivity contribution is 0.0917. The minimum Gasteiger partial charge on any atom is -0.391 e. The Morgan fingerprint density at radius 1 is 1.26 bits per heavy atom. The minimum atomic E-state index is -0.549. The summed E-state index contributed by atoms with van der Waals surface area (Å²) in [5.41, 5.74) is 5.82. The van der Waals surface area contributed by atoms with Gasteiger partial charge in [0.1, 0.15) is 0 Å². The second-order valence-corrected chi connectivity index (χ2v) is 5.39. The Kier molecular flexibility index (Phi) is 4.42. The van der Waals surface area contributed by atoms with Crippen LogP contribution in [0.25, 0.3) is 0 Å². The molecule has 1 heterocycles. The van der Waals surface area contributed by atoms with Crippen molar-refractivity contribution in [1.29, 1.82) is 0 Å². The fraction of sp³-hybridized carbons (Fsp3) is 0.538. The Morgan fingerprint density at radius 3 is 2.47 bits per heavy atom. The van der Waals surface area contributed by atoms with Crippen molar-refractivity contribution < 1.29 is 4.79 Å². The van der Waals surface area contributed by atoms with Crippen molar-refractivity contribution in [2.45, 2.75) is 44.1 Å². The van der Waals surface area contributed by atoms with Gasteiger partial charge in [0.15, 0.2) is 0 Å². The quantitative estimate of drug-likeness (QED) is 0.648. The third-order valence-electron chi connectivity index (χ3n) is 3.63. The smallest absolute Gasteiger partial charge is 0.253 e. The monoisotopic (exact) mass is 278 g/mol. The molecular weight excluding hydrogens is 260 g/mol. The van der Waals surface area contributed by atoms with Crippen LogP contribution in [0.3, 0.4) is 0 Å². The van der Waals surface area contributed by atoms with Gasteiger partial charge in [-0.2, -0.15) is 10.2 Å². The SMILES string of the molecule is NC(=S)C1(NC(=O)c2ccnnc2)CCCCCC1. The lowest BCUT2D eigenvalue weighted by Gasteiger charge is -2.32. The van der Waals surface area contributed by atoms with E-state index in [-0.39, 0.29) is 5.91 Å². The van der Waals surface area contributed by atoms with Gasteiger partial charge in [0.25, 0.3) is 5.91 Å². The summed E-state index contributed by atoms with van der Waals surface area (Å²) >= 11 is 5.19. The van der Waals surface area contributed by atoms with Crippen molar-refractivity contribution in [2.75, 3.05) is 0 Å². The highest BCUT2D eigenvalue weighted by Crippen LogP contribution is 2.27. The predicted molar refractivity (Wildman–Crippen MR) is 76.7 cm³/mol. The van der Waals surface area contributed by atoms with Crippen LogP contribution in [-0.2, 0) is 0 Å². The van der Waals surface area contributed by atoms with Crippen LogP contribution >= 0.6 is 12.2 Å². The van der Waals surface area contributed by atoms with Gasteiger partial charge in [-0.1, -0.05) is 37.9 Å². The average Bonchev–Trinajstić information content (AvgIpc) is 2.66. The van der Waals surface area contributed by atoms with Crippen LogP contribution in [0.15, 0.2) is 18.5 Å². The first-order valence-corrected chi connectivity index (χ1v) is 6.94. The van der Waals surface area contributed by atoms with Crippen molar-refractivity contribution in [3.63, 3.8) is 0 Å².